The van der Waals surface area contributed by atoms with E-state index in [0.29, 0.717) is 11.4 Å². The molecule has 0 aliphatic rings. The van der Waals surface area contributed by atoms with E-state index in [4.69, 9.17) is 23.2 Å². The van der Waals surface area contributed by atoms with Gasteiger partial charge in [0.15, 0.2) is 5.78 Å². The monoisotopic (exact) mass is 280 g/mol. The zero-order valence-electron chi connectivity index (χ0n) is 6.69. The maximum Gasteiger partial charge on any atom is 0.152 e. The molecule has 0 amide bonds. The lowest BCUT2D eigenvalue weighted by Crippen LogP contribution is -2.04. The Morgan fingerprint density at radius 1 is 1.46 bits per heavy atom. The molecule has 0 aromatic heterocycles. The van der Waals surface area contributed by atoms with Gasteiger partial charge in [-0.2, -0.15) is 0 Å². The number of Topliss-reactive ketones (excluding diaryl/α,β-unsaturated/α-hetero) is 1. The first-order valence-electron chi connectivity index (χ1n) is 3.65. The molecule has 0 spiro atoms. The van der Waals surface area contributed by atoms with Crippen LogP contribution in [-0.2, 0) is 11.2 Å². The van der Waals surface area contributed by atoms with Crippen molar-refractivity contribution >= 4 is 44.9 Å². The standard InChI is InChI=1S/C9H7BrCl2O/c10-8-3-1-2-6(9(8)12)4-7(13)5-11/h1-3H,4-5H2. The smallest absolute Gasteiger partial charge is 0.152 e. The Hall–Kier alpha value is -0.0500. The molecule has 70 valence electrons. The van der Waals surface area contributed by atoms with Gasteiger partial charge in [-0.25, -0.2) is 0 Å². The van der Waals surface area contributed by atoms with Gasteiger partial charge < -0.3 is 0 Å². The lowest BCUT2D eigenvalue weighted by molar-refractivity contribution is -0.116. The van der Waals surface area contributed by atoms with E-state index in [1.807, 2.05) is 18.2 Å². The molecule has 0 aliphatic carbocycles. The zero-order valence-corrected chi connectivity index (χ0v) is 9.79. The Balaban J connectivity index is 2.89. The van der Waals surface area contributed by atoms with Gasteiger partial charge in [-0.1, -0.05) is 23.7 Å². The van der Waals surface area contributed by atoms with Gasteiger partial charge in [-0.05, 0) is 27.6 Å². The van der Waals surface area contributed by atoms with Crippen LogP contribution < -0.4 is 0 Å². The van der Waals surface area contributed by atoms with E-state index in [1.165, 1.54) is 0 Å². The number of hydrogen-bond donors (Lipinski definition) is 0. The highest BCUT2D eigenvalue weighted by Gasteiger charge is 2.07. The second-order valence-corrected chi connectivity index (χ2v) is 4.06. The maximum absolute atomic E-state index is 11.0. The Bertz CT molecular complexity index is 325. The summed E-state index contributed by atoms with van der Waals surface area (Å²) < 4.78 is 0.800. The van der Waals surface area contributed by atoms with E-state index in [0.717, 1.165) is 10.0 Å². The zero-order chi connectivity index (χ0) is 9.84. The predicted molar refractivity (Wildman–Crippen MR) is 58.6 cm³/mol. The summed E-state index contributed by atoms with van der Waals surface area (Å²) in [5.74, 6) is 0.00436. The van der Waals surface area contributed by atoms with Crippen molar-refractivity contribution in [3.05, 3.63) is 33.3 Å². The molecule has 0 aliphatic heterocycles. The van der Waals surface area contributed by atoms with E-state index in [2.05, 4.69) is 15.9 Å². The van der Waals surface area contributed by atoms with Crippen molar-refractivity contribution < 1.29 is 4.79 Å². The number of carbonyl (C=O) groups excluding carboxylic acids is 1. The maximum atomic E-state index is 11.0. The Labute approximate surface area is 95.2 Å². The number of benzene rings is 1. The molecule has 0 unspecified atom stereocenters. The topological polar surface area (TPSA) is 17.1 Å². The SMILES string of the molecule is O=C(CCl)Cc1cccc(Br)c1Cl. The number of rotatable bonds is 3. The molecule has 13 heavy (non-hydrogen) atoms. The van der Waals surface area contributed by atoms with Gasteiger partial charge in [0.25, 0.3) is 0 Å². The molecule has 0 saturated heterocycles. The van der Waals surface area contributed by atoms with E-state index in [9.17, 15) is 4.79 Å². The third kappa shape index (κ3) is 2.97. The van der Waals surface area contributed by atoms with Gasteiger partial charge in [-0.3, -0.25) is 4.79 Å². The van der Waals surface area contributed by atoms with Crippen LogP contribution in [-0.4, -0.2) is 11.7 Å². The Morgan fingerprint density at radius 3 is 2.77 bits per heavy atom. The summed E-state index contributed by atoms with van der Waals surface area (Å²) in [6.07, 6.45) is 0.293. The molecule has 1 aromatic carbocycles. The highest BCUT2D eigenvalue weighted by molar-refractivity contribution is 9.10. The fourth-order valence-corrected chi connectivity index (χ4v) is 1.64. The molecule has 0 radical (unpaired) electrons. The first kappa shape index (κ1) is 11.0. The number of ketones is 1. The Morgan fingerprint density at radius 2 is 2.15 bits per heavy atom. The lowest BCUT2D eigenvalue weighted by atomic mass is 10.1. The van der Waals surface area contributed by atoms with Crippen LogP contribution in [0.1, 0.15) is 5.56 Å². The minimum absolute atomic E-state index is 0.0262. The number of hydrogen-bond acceptors (Lipinski definition) is 1. The van der Waals surface area contributed by atoms with Gasteiger partial charge in [0.2, 0.25) is 0 Å². The molecule has 0 bridgehead atoms. The number of carbonyl (C=O) groups is 1. The van der Waals surface area contributed by atoms with Crippen LogP contribution in [0.2, 0.25) is 5.02 Å². The molecule has 0 fully saturated rings. The predicted octanol–water partition coefficient (Wildman–Crippen LogP) is 3.45. The third-order valence-corrected chi connectivity index (χ3v) is 3.20. The van der Waals surface area contributed by atoms with Gasteiger partial charge in [-0.15, -0.1) is 11.6 Å². The summed E-state index contributed by atoms with van der Waals surface area (Å²) in [4.78, 5) is 11.0. The summed E-state index contributed by atoms with van der Waals surface area (Å²) in [6, 6.07) is 5.49. The van der Waals surface area contributed by atoms with Gasteiger partial charge in [0.05, 0.1) is 10.9 Å². The number of halogens is 3. The first-order valence-corrected chi connectivity index (χ1v) is 5.36. The van der Waals surface area contributed by atoms with Crippen LogP contribution in [0.15, 0.2) is 22.7 Å². The molecular weight excluding hydrogens is 275 g/mol. The Kier molecular flexibility index (Phi) is 4.23. The molecule has 0 heterocycles. The summed E-state index contributed by atoms with van der Waals surface area (Å²) in [6.45, 7) is 0. The molecule has 0 atom stereocenters. The highest BCUT2D eigenvalue weighted by atomic mass is 79.9. The van der Waals surface area contributed by atoms with Crippen molar-refractivity contribution in [1.82, 2.24) is 0 Å². The molecule has 0 saturated carbocycles. The van der Waals surface area contributed by atoms with Crippen molar-refractivity contribution in [2.75, 3.05) is 5.88 Å². The van der Waals surface area contributed by atoms with Crippen molar-refractivity contribution in [3.8, 4) is 0 Å². The second kappa shape index (κ2) is 4.99. The fourth-order valence-electron chi connectivity index (χ4n) is 0.945. The van der Waals surface area contributed by atoms with Gasteiger partial charge in [0.1, 0.15) is 0 Å². The van der Waals surface area contributed by atoms with Crippen LogP contribution in [0.4, 0.5) is 0 Å². The first-order chi connectivity index (χ1) is 6.15. The molecule has 1 rings (SSSR count). The minimum Gasteiger partial charge on any atom is -0.298 e. The lowest BCUT2D eigenvalue weighted by Gasteiger charge is -2.03. The third-order valence-electron chi connectivity index (χ3n) is 1.57. The van der Waals surface area contributed by atoms with Crippen LogP contribution in [0, 0.1) is 0 Å². The summed E-state index contributed by atoms with van der Waals surface area (Å²) in [5.41, 5.74) is 0.807. The average molecular weight is 282 g/mol. The fraction of sp³-hybridized carbons (Fsp3) is 0.222. The van der Waals surface area contributed by atoms with Crippen LogP contribution in [0.3, 0.4) is 0 Å². The molecular formula is C9H7BrCl2O. The molecule has 1 aromatic rings. The van der Waals surface area contributed by atoms with Crippen LogP contribution in [0.5, 0.6) is 0 Å². The second-order valence-electron chi connectivity index (χ2n) is 2.56. The van der Waals surface area contributed by atoms with Crippen LogP contribution >= 0.6 is 39.1 Å². The quantitative estimate of drug-likeness (QED) is 0.776. The van der Waals surface area contributed by atoms with Gasteiger partial charge in [0, 0.05) is 10.9 Å². The normalized spacial score (nSPS) is 10.1. The largest absolute Gasteiger partial charge is 0.298 e. The summed E-state index contributed by atoms with van der Waals surface area (Å²) in [5, 5.41) is 0.584. The van der Waals surface area contributed by atoms with E-state index >= 15 is 0 Å². The van der Waals surface area contributed by atoms with Crippen molar-refractivity contribution in [3.63, 3.8) is 0 Å². The minimum atomic E-state index is -0.0262. The molecule has 4 heteroatoms. The summed E-state index contributed by atoms with van der Waals surface area (Å²) in [7, 11) is 0. The van der Waals surface area contributed by atoms with E-state index < -0.39 is 0 Å². The summed E-state index contributed by atoms with van der Waals surface area (Å²) >= 11 is 14.6. The number of alkyl halides is 1. The molecule has 1 nitrogen and oxygen atoms in total. The highest BCUT2D eigenvalue weighted by Crippen LogP contribution is 2.26. The molecule has 0 N–H and O–H groups in total. The van der Waals surface area contributed by atoms with E-state index in [1.54, 1.807) is 0 Å². The van der Waals surface area contributed by atoms with Crippen molar-refractivity contribution in [1.29, 1.82) is 0 Å². The average Bonchev–Trinajstić information content (AvgIpc) is 2.13. The van der Waals surface area contributed by atoms with Crippen LogP contribution in [0.25, 0.3) is 0 Å². The van der Waals surface area contributed by atoms with E-state index in [-0.39, 0.29) is 11.7 Å². The van der Waals surface area contributed by atoms with Crippen molar-refractivity contribution in [2.45, 2.75) is 6.42 Å². The van der Waals surface area contributed by atoms with Gasteiger partial charge >= 0.3 is 0 Å². The van der Waals surface area contributed by atoms with Crippen molar-refractivity contribution in [2.24, 2.45) is 0 Å².